The molecule has 182 valence electrons. The minimum Gasteiger partial charge on any atom is -0.378 e. The van der Waals surface area contributed by atoms with Crippen molar-refractivity contribution in [2.45, 2.75) is 25.2 Å². The van der Waals surface area contributed by atoms with Crippen LogP contribution < -0.4 is 4.90 Å². The summed E-state index contributed by atoms with van der Waals surface area (Å²) in [7, 11) is 0. The maximum absolute atomic E-state index is 13.6. The highest BCUT2D eigenvalue weighted by atomic mass is 19.4. The van der Waals surface area contributed by atoms with Crippen LogP contribution in [0.5, 0.6) is 0 Å². The van der Waals surface area contributed by atoms with Gasteiger partial charge in [-0.15, -0.1) is 0 Å². The van der Waals surface area contributed by atoms with Gasteiger partial charge in [0, 0.05) is 45.0 Å². The number of morpholine rings is 1. The lowest BCUT2D eigenvalue weighted by Crippen LogP contribution is -2.61. The van der Waals surface area contributed by atoms with Crippen molar-refractivity contribution < 1.29 is 27.1 Å². The monoisotopic (exact) mass is 477 g/mol. The molecule has 0 radical (unpaired) electrons. The van der Waals surface area contributed by atoms with Crippen molar-refractivity contribution in [3.63, 3.8) is 0 Å². The summed E-state index contributed by atoms with van der Waals surface area (Å²) in [6.07, 6.45) is -4.15. The molecule has 3 heterocycles. The Kier molecular flexibility index (Phi) is 6.24. The molecule has 0 saturated carbocycles. The summed E-state index contributed by atoms with van der Waals surface area (Å²) < 4.78 is 58.8. The van der Waals surface area contributed by atoms with Gasteiger partial charge in [-0.2, -0.15) is 13.2 Å². The molecule has 0 aliphatic carbocycles. The second-order valence-corrected chi connectivity index (χ2v) is 9.21. The zero-order valence-corrected chi connectivity index (χ0v) is 18.7. The van der Waals surface area contributed by atoms with Crippen molar-refractivity contribution in [3.8, 4) is 0 Å². The summed E-state index contributed by atoms with van der Waals surface area (Å²) in [5.74, 6) is -0.748. The van der Waals surface area contributed by atoms with Crippen LogP contribution in [0.1, 0.15) is 16.7 Å². The Morgan fingerprint density at radius 3 is 2.44 bits per heavy atom. The van der Waals surface area contributed by atoms with E-state index in [1.165, 1.54) is 18.2 Å². The van der Waals surface area contributed by atoms with Gasteiger partial charge in [0.2, 0.25) is 5.91 Å². The molecule has 5 rings (SSSR count). The molecular formula is C25H27F4N3O2. The normalized spacial score (nSPS) is 23.4. The molecule has 0 aromatic heterocycles. The average molecular weight is 478 g/mol. The molecule has 2 atom stereocenters. The number of nitrogens with zero attached hydrogens (tertiary/aromatic N) is 3. The van der Waals surface area contributed by atoms with Crippen LogP contribution >= 0.6 is 0 Å². The van der Waals surface area contributed by atoms with E-state index in [-0.39, 0.29) is 24.2 Å². The lowest BCUT2D eigenvalue weighted by atomic mass is 9.82. The minimum atomic E-state index is -4.43. The third-order valence-corrected chi connectivity index (χ3v) is 7.08. The number of hydrogen-bond donors (Lipinski definition) is 0. The van der Waals surface area contributed by atoms with Gasteiger partial charge in [0.1, 0.15) is 5.82 Å². The van der Waals surface area contributed by atoms with Crippen LogP contribution in [0.4, 0.5) is 23.2 Å². The number of fused-ring (bicyclic) bond motifs is 3. The number of ether oxygens (including phenoxy) is 1. The second-order valence-electron chi connectivity index (χ2n) is 9.21. The third-order valence-electron chi connectivity index (χ3n) is 7.08. The lowest BCUT2D eigenvalue weighted by Gasteiger charge is -2.50. The number of carbonyl (C=O) groups excluding carboxylic acids is 1. The Hall–Kier alpha value is -2.65. The van der Waals surface area contributed by atoms with Crippen molar-refractivity contribution in [2.24, 2.45) is 5.92 Å². The topological polar surface area (TPSA) is 36.0 Å². The molecule has 2 aromatic rings. The van der Waals surface area contributed by atoms with Crippen LogP contribution in [0, 0.1) is 11.7 Å². The van der Waals surface area contributed by atoms with E-state index in [1.807, 2.05) is 0 Å². The predicted octanol–water partition coefficient (Wildman–Crippen LogP) is 3.57. The van der Waals surface area contributed by atoms with Crippen molar-refractivity contribution in [3.05, 3.63) is 65.0 Å². The van der Waals surface area contributed by atoms with Crippen LogP contribution in [0.2, 0.25) is 0 Å². The summed E-state index contributed by atoms with van der Waals surface area (Å²) in [5.41, 5.74) is 1.66. The number of carbonyl (C=O) groups is 1. The largest absolute Gasteiger partial charge is 0.416 e. The van der Waals surface area contributed by atoms with Crippen LogP contribution in [0.3, 0.4) is 0 Å². The molecule has 2 saturated heterocycles. The first-order valence-electron chi connectivity index (χ1n) is 11.6. The highest BCUT2D eigenvalue weighted by molar-refractivity contribution is 5.82. The molecule has 0 unspecified atom stereocenters. The maximum atomic E-state index is 13.6. The third kappa shape index (κ3) is 4.63. The fourth-order valence-electron chi connectivity index (χ4n) is 5.35. The van der Waals surface area contributed by atoms with Crippen molar-refractivity contribution in [2.75, 3.05) is 50.8 Å². The molecule has 2 fully saturated rings. The van der Waals surface area contributed by atoms with Crippen molar-refractivity contribution >= 4 is 11.6 Å². The molecular weight excluding hydrogens is 450 g/mol. The van der Waals surface area contributed by atoms with E-state index in [0.29, 0.717) is 58.0 Å². The summed E-state index contributed by atoms with van der Waals surface area (Å²) in [6.45, 7) is 4.48. The number of amides is 1. The first-order chi connectivity index (χ1) is 16.3. The van der Waals surface area contributed by atoms with E-state index in [4.69, 9.17) is 4.74 Å². The number of rotatable bonds is 3. The molecule has 3 aliphatic rings. The Labute approximate surface area is 195 Å². The van der Waals surface area contributed by atoms with Gasteiger partial charge >= 0.3 is 6.18 Å². The Morgan fingerprint density at radius 2 is 1.74 bits per heavy atom. The van der Waals surface area contributed by atoms with Gasteiger partial charge in [-0.3, -0.25) is 9.69 Å². The Morgan fingerprint density at radius 1 is 1.00 bits per heavy atom. The maximum Gasteiger partial charge on any atom is 0.416 e. The van der Waals surface area contributed by atoms with E-state index in [2.05, 4.69) is 9.80 Å². The summed E-state index contributed by atoms with van der Waals surface area (Å²) in [4.78, 5) is 19.7. The number of halogens is 4. The van der Waals surface area contributed by atoms with Gasteiger partial charge < -0.3 is 14.5 Å². The number of alkyl halides is 3. The first-order valence-corrected chi connectivity index (χ1v) is 11.6. The number of hydrogen-bond acceptors (Lipinski definition) is 4. The molecule has 5 nitrogen and oxygen atoms in total. The van der Waals surface area contributed by atoms with Crippen LogP contribution in [-0.4, -0.2) is 67.7 Å². The highest BCUT2D eigenvalue weighted by Crippen LogP contribution is 2.40. The Balaban J connectivity index is 1.43. The van der Waals surface area contributed by atoms with E-state index >= 15 is 0 Å². The van der Waals surface area contributed by atoms with Gasteiger partial charge in [-0.25, -0.2) is 4.39 Å². The van der Waals surface area contributed by atoms with E-state index in [9.17, 15) is 22.4 Å². The molecule has 2 aromatic carbocycles. The fourth-order valence-corrected chi connectivity index (χ4v) is 5.35. The van der Waals surface area contributed by atoms with Crippen LogP contribution in [0.25, 0.3) is 0 Å². The van der Waals surface area contributed by atoms with Crippen molar-refractivity contribution in [1.29, 1.82) is 0 Å². The number of anilines is 1. The Bertz CT molecular complexity index is 1040. The molecule has 34 heavy (non-hydrogen) atoms. The highest BCUT2D eigenvalue weighted by Gasteiger charge is 2.44. The van der Waals surface area contributed by atoms with Gasteiger partial charge in [0.25, 0.3) is 0 Å². The van der Waals surface area contributed by atoms with Crippen molar-refractivity contribution in [1.82, 2.24) is 9.80 Å². The standard InChI is InChI=1S/C25H27F4N3O2/c26-20-4-1-17(2-5-20)15-30-7-8-32-22-6-3-19(25(27,28)29)13-18(22)14-21(23(32)16-30)24(33)31-9-11-34-12-10-31/h1-6,13,21,23H,7-12,14-16H2/t21-,23+/m0/s1. The molecule has 9 heteroatoms. The molecule has 0 N–H and O–H groups in total. The quantitative estimate of drug-likeness (QED) is 0.634. The molecule has 0 bridgehead atoms. The summed E-state index contributed by atoms with van der Waals surface area (Å²) >= 11 is 0. The zero-order chi connectivity index (χ0) is 23.9. The SMILES string of the molecule is O=C([C@H]1Cc2cc(C(F)(F)F)ccc2N2CCN(Cc3ccc(F)cc3)C[C@H]12)N1CCOCC1. The van der Waals surface area contributed by atoms with Gasteiger partial charge in [-0.1, -0.05) is 12.1 Å². The van der Waals surface area contributed by atoms with Crippen LogP contribution in [-0.2, 0) is 28.7 Å². The van der Waals surface area contributed by atoms with Gasteiger partial charge in [0.05, 0.1) is 30.7 Å². The number of benzene rings is 2. The van der Waals surface area contributed by atoms with E-state index < -0.39 is 17.7 Å². The second kappa shape index (κ2) is 9.19. The van der Waals surface area contributed by atoms with Crippen LogP contribution in [0.15, 0.2) is 42.5 Å². The average Bonchev–Trinajstić information content (AvgIpc) is 2.84. The molecule has 3 aliphatic heterocycles. The summed E-state index contributed by atoms with van der Waals surface area (Å²) in [6, 6.07) is 10.1. The molecule has 1 amide bonds. The first kappa shape index (κ1) is 23.1. The summed E-state index contributed by atoms with van der Waals surface area (Å²) in [5, 5.41) is 0. The zero-order valence-electron chi connectivity index (χ0n) is 18.7. The fraction of sp³-hybridized carbons (Fsp3) is 0.480. The van der Waals surface area contributed by atoms with Gasteiger partial charge in [-0.05, 0) is 47.9 Å². The van der Waals surface area contributed by atoms with E-state index in [0.717, 1.165) is 17.3 Å². The number of piperazine rings is 1. The van der Waals surface area contributed by atoms with E-state index in [1.54, 1.807) is 23.1 Å². The van der Waals surface area contributed by atoms with Gasteiger partial charge in [0.15, 0.2) is 0 Å². The molecule has 0 spiro atoms. The smallest absolute Gasteiger partial charge is 0.378 e. The predicted molar refractivity (Wildman–Crippen MR) is 119 cm³/mol. The lowest BCUT2D eigenvalue weighted by molar-refractivity contribution is -0.141. The minimum absolute atomic E-state index is 0.0232.